The fourth-order valence-electron chi connectivity index (χ4n) is 4.49. The van der Waals surface area contributed by atoms with E-state index in [1.54, 1.807) is 33.9 Å². The van der Waals surface area contributed by atoms with Gasteiger partial charge in [-0.05, 0) is 64.0 Å². The first-order valence-electron chi connectivity index (χ1n) is 16.7. The maximum Gasteiger partial charge on any atom is 0.408 e. The zero-order chi connectivity index (χ0) is 37.0. The molecule has 1 aromatic rings. The number of alkyl carbamates (subject to hydrolysis) is 1. The van der Waals surface area contributed by atoms with E-state index < -0.39 is 57.8 Å². The van der Waals surface area contributed by atoms with Gasteiger partial charge >= 0.3 is 17.8 Å². The van der Waals surface area contributed by atoms with Crippen molar-refractivity contribution < 1.29 is 32.7 Å². The van der Waals surface area contributed by atoms with Crippen LogP contribution in [-0.2, 0) is 34.4 Å². The summed E-state index contributed by atoms with van der Waals surface area (Å²) in [5.41, 5.74) is -1.20. The molecule has 12 nitrogen and oxygen atoms in total. The molecule has 0 radical (unpaired) electrons. The van der Waals surface area contributed by atoms with Crippen LogP contribution in [0, 0.1) is 6.92 Å². The minimum Gasteiger partial charge on any atom is -0.467 e. The average molecular weight is 732 g/mol. The van der Waals surface area contributed by atoms with Gasteiger partial charge in [-0.1, -0.05) is 41.5 Å². The molecule has 1 N–H and O–H groups in total. The molecule has 0 saturated carbocycles. The molecule has 0 bridgehead atoms. The van der Waals surface area contributed by atoms with Crippen LogP contribution in [0.5, 0.6) is 0 Å². The largest absolute Gasteiger partial charge is 0.467 e. The van der Waals surface area contributed by atoms with Crippen LogP contribution in [-0.4, -0.2) is 86.9 Å². The predicted molar refractivity (Wildman–Crippen MR) is 196 cm³/mol. The minimum absolute atomic E-state index is 0.0189. The van der Waals surface area contributed by atoms with Gasteiger partial charge in [0.05, 0.1) is 19.8 Å². The Balaban J connectivity index is 2.29. The fourth-order valence-corrected chi connectivity index (χ4v) is 7.79. The van der Waals surface area contributed by atoms with Crippen molar-refractivity contribution in [1.82, 2.24) is 14.5 Å². The molecule has 1 saturated heterocycles. The van der Waals surface area contributed by atoms with Gasteiger partial charge in [0.15, 0.2) is 16.6 Å². The number of hydrogen-bond donors (Lipinski definition) is 1. The van der Waals surface area contributed by atoms with E-state index in [4.69, 9.17) is 23.1 Å². The van der Waals surface area contributed by atoms with Crippen molar-refractivity contribution in [2.45, 2.75) is 149 Å². The molecule has 2 heterocycles. The third kappa shape index (κ3) is 11.3. The molecule has 0 aliphatic carbocycles. The molecule has 15 heteroatoms. The van der Waals surface area contributed by atoms with Crippen LogP contribution in [0.1, 0.15) is 80.5 Å². The summed E-state index contributed by atoms with van der Waals surface area (Å²) in [5, 5.41) is 2.53. The van der Waals surface area contributed by atoms with Crippen LogP contribution >= 0.6 is 11.8 Å². The normalized spacial score (nSPS) is 20.0. The molecule has 276 valence electrons. The smallest absolute Gasteiger partial charge is 0.408 e. The lowest BCUT2D eigenvalue weighted by Crippen LogP contribution is -2.48. The molecule has 1 aromatic heterocycles. The Kier molecular flexibility index (Phi) is 14.1. The van der Waals surface area contributed by atoms with Crippen molar-refractivity contribution in [1.29, 1.82) is 0 Å². The summed E-state index contributed by atoms with van der Waals surface area (Å²) in [7, 11) is -3.05. The number of aromatic nitrogens is 2. The number of rotatable bonds is 13. The topological polar surface area (TPSA) is 136 Å². The highest BCUT2D eigenvalue weighted by Gasteiger charge is 2.47. The molecule has 4 atom stereocenters. The van der Waals surface area contributed by atoms with E-state index in [1.165, 1.54) is 28.0 Å². The number of aryl methyl sites for hydroxylation is 1. The van der Waals surface area contributed by atoms with Crippen molar-refractivity contribution in [3.05, 3.63) is 32.6 Å². The van der Waals surface area contributed by atoms with E-state index >= 15 is 0 Å². The molecule has 1 aliphatic rings. The maximum absolute atomic E-state index is 13.8. The first kappa shape index (κ1) is 42.3. The van der Waals surface area contributed by atoms with Gasteiger partial charge in [0, 0.05) is 36.2 Å². The van der Waals surface area contributed by atoms with Crippen LogP contribution in [0.25, 0.3) is 0 Å². The van der Waals surface area contributed by atoms with E-state index in [1.807, 2.05) is 0 Å². The summed E-state index contributed by atoms with van der Waals surface area (Å²) >= 11 is 1.30. The number of nitrogens with zero attached hydrogens (tertiary/aromatic N) is 2. The second-order valence-electron chi connectivity index (χ2n) is 16.6. The lowest BCUT2D eigenvalue weighted by atomic mass is 10.2. The summed E-state index contributed by atoms with van der Waals surface area (Å²) in [6.45, 7) is 29.3. The molecular formula is C33H61N3O9SSi2. The number of ether oxygens (including phenoxy) is 3. The van der Waals surface area contributed by atoms with E-state index in [2.05, 4.69) is 73.0 Å². The third-order valence-electron chi connectivity index (χ3n) is 9.44. The SMILES string of the molecule is COC(=O)[C@H](CSCCn1c(=O)c(C)cn([C@H]2C[C@H](O[Si](C)(C)C(C)(C)C)[C@@H](CO[Si](C)(C)C(C)(C)C)O2)c1=O)NC(=O)OC(C)(C)C. The number of hydrogen-bond acceptors (Lipinski definition) is 10. The van der Waals surface area contributed by atoms with Gasteiger partial charge in [-0.2, -0.15) is 11.8 Å². The quantitative estimate of drug-likeness (QED) is 0.150. The predicted octanol–water partition coefficient (Wildman–Crippen LogP) is 5.82. The van der Waals surface area contributed by atoms with Gasteiger partial charge in [0.2, 0.25) is 0 Å². The van der Waals surface area contributed by atoms with E-state index in [9.17, 15) is 19.2 Å². The summed E-state index contributed by atoms with van der Waals surface area (Å²) in [6, 6.07) is -0.962. The molecule has 48 heavy (non-hydrogen) atoms. The Morgan fingerprint density at radius 3 is 2.12 bits per heavy atom. The maximum atomic E-state index is 13.8. The zero-order valence-electron chi connectivity index (χ0n) is 31.9. The number of amides is 1. The minimum atomic E-state index is -2.20. The van der Waals surface area contributed by atoms with Crippen LogP contribution in [0.2, 0.25) is 36.3 Å². The highest BCUT2D eigenvalue weighted by atomic mass is 32.2. The van der Waals surface area contributed by atoms with Crippen molar-refractivity contribution in [2.24, 2.45) is 0 Å². The lowest BCUT2D eigenvalue weighted by Gasteiger charge is -2.40. The van der Waals surface area contributed by atoms with Crippen molar-refractivity contribution in [3.8, 4) is 0 Å². The highest BCUT2D eigenvalue weighted by Crippen LogP contribution is 2.42. The van der Waals surface area contributed by atoms with E-state index in [0.717, 1.165) is 0 Å². The Hall–Kier alpha value is -1.92. The number of esters is 1. The summed E-state index contributed by atoms with van der Waals surface area (Å²) < 4.78 is 32.8. The first-order chi connectivity index (χ1) is 21.7. The number of nitrogens with one attached hydrogen (secondary N) is 1. The van der Waals surface area contributed by atoms with Crippen molar-refractivity contribution in [2.75, 3.05) is 25.2 Å². The highest BCUT2D eigenvalue weighted by molar-refractivity contribution is 7.99. The fraction of sp³-hybridized carbons (Fsp3) is 0.818. The first-order valence-corrected chi connectivity index (χ1v) is 23.6. The molecule has 0 aromatic carbocycles. The van der Waals surface area contributed by atoms with Crippen molar-refractivity contribution in [3.63, 3.8) is 0 Å². The standard InChI is InChI=1S/C33H61N3O9SSi2/c1-22-19-36(26-18-24(45-48(14,15)33(8,9)10)25(43-26)20-42-47(12,13)32(5,6)7)30(40)35(27(22)37)16-17-46-21-23(28(38)41-11)34-29(39)44-31(2,3)4/h19,23-26H,16-18,20-21H2,1-15H3,(H,34,39)/t23-,24-,25+,26+/m0/s1. The number of carbonyl (C=O) groups excluding carboxylic acids is 2. The molecule has 1 amide bonds. The van der Waals surface area contributed by atoms with Gasteiger partial charge in [0.25, 0.3) is 5.56 Å². The molecule has 0 unspecified atom stereocenters. The average Bonchev–Trinajstić information content (AvgIpc) is 3.31. The number of methoxy groups -OCH3 is 1. The van der Waals surface area contributed by atoms with E-state index in [0.29, 0.717) is 24.3 Å². The van der Waals surface area contributed by atoms with Gasteiger partial charge < -0.3 is 28.4 Å². The Labute approximate surface area is 293 Å². The Morgan fingerprint density at radius 2 is 1.60 bits per heavy atom. The van der Waals surface area contributed by atoms with Gasteiger partial charge in [0.1, 0.15) is 24.0 Å². The second-order valence-corrected chi connectivity index (χ2v) is 27.3. The summed E-state index contributed by atoms with van der Waals surface area (Å²) in [6.07, 6.45) is -0.0264. The number of carbonyl (C=O) groups is 2. The van der Waals surface area contributed by atoms with Gasteiger partial charge in [-0.15, -0.1) is 0 Å². The molecular weight excluding hydrogens is 671 g/mol. The van der Waals surface area contributed by atoms with Crippen LogP contribution in [0.15, 0.2) is 15.8 Å². The molecule has 2 rings (SSSR count). The Bertz CT molecular complexity index is 1390. The van der Waals surface area contributed by atoms with E-state index in [-0.39, 0.29) is 34.6 Å². The zero-order valence-corrected chi connectivity index (χ0v) is 34.7. The Morgan fingerprint density at radius 1 is 1.02 bits per heavy atom. The van der Waals surface area contributed by atoms with Crippen LogP contribution in [0.3, 0.4) is 0 Å². The lowest BCUT2D eigenvalue weighted by molar-refractivity contribution is -0.142. The van der Waals surface area contributed by atoms with Crippen LogP contribution in [0.4, 0.5) is 4.79 Å². The van der Waals surface area contributed by atoms with Crippen LogP contribution < -0.4 is 16.6 Å². The molecule has 1 fully saturated rings. The van der Waals surface area contributed by atoms with Gasteiger partial charge in [-0.3, -0.25) is 13.9 Å². The van der Waals surface area contributed by atoms with Crippen molar-refractivity contribution >= 4 is 40.5 Å². The summed E-state index contributed by atoms with van der Waals surface area (Å²) in [4.78, 5) is 51.6. The third-order valence-corrected chi connectivity index (χ3v) is 19.5. The summed E-state index contributed by atoms with van der Waals surface area (Å²) in [5.74, 6) is -0.133. The molecule has 0 spiro atoms. The van der Waals surface area contributed by atoms with Gasteiger partial charge in [-0.25, -0.2) is 14.4 Å². The number of thioether (sulfide) groups is 1. The monoisotopic (exact) mass is 731 g/mol. The molecule has 1 aliphatic heterocycles. The second kappa shape index (κ2) is 16.0.